The smallest absolute Gasteiger partial charge is 0.174 e. The summed E-state index contributed by atoms with van der Waals surface area (Å²) in [4.78, 5) is 28.0. The number of ether oxygens (including phenoxy) is 1. The third kappa shape index (κ3) is 6.50. The van der Waals surface area contributed by atoms with Crippen LogP contribution in [0, 0.1) is 5.92 Å². The van der Waals surface area contributed by atoms with E-state index in [1.807, 2.05) is 13.8 Å². The Morgan fingerprint density at radius 1 is 0.804 bits per heavy atom. The van der Waals surface area contributed by atoms with Crippen molar-refractivity contribution >= 4 is 11.6 Å². The van der Waals surface area contributed by atoms with Gasteiger partial charge in [-0.1, -0.05) is 23.3 Å². The van der Waals surface area contributed by atoms with Crippen LogP contribution in [0.3, 0.4) is 0 Å². The van der Waals surface area contributed by atoms with E-state index in [1.165, 1.54) is 42.5 Å². The standard InChI is InChI=1S/C40H38O11/c1-18(2)4-5-24-29(44)8-7-26(38(24)48)40(50)35-27(20-12-21(41)14-22(42)13-20)10-19(3)11-28(35)36-30(45)9-6-25(39(36)49)33-17-32(47)37-31(46)15-23(43)16-34(37)51-33/h4,6-9,11-16,27-28,33,35,41-46,48-49H,5,10,17H2,1-3H3. The van der Waals surface area contributed by atoms with Gasteiger partial charge in [-0.2, -0.15) is 0 Å². The van der Waals surface area contributed by atoms with Crippen LogP contribution in [-0.2, 0) is 6.42 Å². The molecule has 51 heavy (non-hydrogen) atoms. The summed E-state index contributed by atoms with van der Waals surface area (Å²) in [5.74, 6) is -6.96. The Morgan fingerprint density at radius 2 is 1.47 bits per heavy atom. The lowest BCUT2D eigenvalue weighted by atomic mass is 9.65. The van der Waals surface area contributed by atoms with Crippen molar-refractivity contribution in [1.29, 1.82) is 0 Å². The SMILES string of the molecule is CC(C)=CCc1c(O)ccc(C(=O)C2C(c3c(O)ccc(C4CC(=O)c5c(O)cc(O)cc5O4)c3O)C=C(C)CC2c2cc(O)cc(O)c2)c1O. The van der Waals surface area contributed by atoms with Crippen LogP contribution in [0.1, 0.15) is 94.5 Å². The topological polar surface area (TPSA) is 205 Å². The van der Waals surface area contributed by atoms with Crippen LogP contribution in [0.4, 0.5) is 0 Å². The molecule has 2 aliphatic rings. The first-order valence-corrected chi connectivity index (χ1v) is 16.4. The van der Waals surface area contributed by atoms with Crippen molar-refractivity contribution in [3.8, 4) is 51.7 Å². The maximum absolute atomic E-state index is 14.8. The summed E-state index contributed by atoms with van der Waals surface area (Å²) in [6.45, 7) is 5.51. The summed E-state index contributed by atoms with van der Waals surface area (Å²) >= 11 is 0. The molecule has 264 valence electrons. The molecule has 0 aromatic heterocycles. The fourth-order valence-electron chi connectivity index (χ4n) is 7.28. The highest BCUT2D eigenvalue weighted by molar-refractivity contribution is 6.03. The van der Waals surface area contributed by atoms with Crippen LogP contribution in [0.15, 0.2) is 77.9 Å². The number of ketones is 2. The number of hydrogen-bond acceptors (Lipinski definition) is 11. The number of aromatic hydroxyl groups is 8. The number of Topliss-reactive ketones (excluding diaryl/α,β-unsaturated/α-hetero) is 2. The zero-order valence-electron chi connectivity index (χ0n) is 28.1. The molecule has 0 saturated heterocycles. The Hall–Kier alpha value is -6.10. The summed E-state index contributed by atoms with van der Waals surface area (Å²) in [6.07, 6.45) is 2.51. The average Bonchev–Trinajstić information content (AvgIpc) is 3.03. The molecule has 11 heteroatoms. The molecule has 1 heterocycles. The number of allylic oxidation sites excluding steroid dienone is 4. The highest BCUT2D eigenvalue weighted by atomic mass is 16.5. The maximum Gasteiger partial charge on any atom is 0.174 e. The lowest BCUT2D eigenvalue weighted by molar-refractivity contribution is 0.0841. The molecule has 0 amide bonds. The number of hydrogen-bond donors (Lipinski definition) is 8. The third-order valence-electron chi connectivity index (χ3n) is 9.61. The fourth-order valence-corrected chi connectivity index (χ4v) is 7.28. The van der Waals surface area contributed by atoms with Gasteiger partial charge in [0.15, 0.2) is 11.6 Å². The number of fused-ring (bicyclic) bond motifs is 1. The van der Waals surface area contributed by atoms with Crippen molar-refractivity contribution in [1.82, 2.24) is 0 Å². The van der Waals surface area contributed by atoms with Crippen molar-refractivity contribution in [2.45, 2.75) is 58.0 Å². The van der Waals surface area contributed by atoms with E-state index in [9.17, 15) is 50.4 Å². The quantitative estimate of drug-likeness (QED) is 0.0714. The minimum atomic E-state index is -1.16. The van der Waals surface area contributed by atoms with E-state index < -0.39 is 52.7 Å². The molecule has 11 nitrogen and oxygen atoms in total. The van der Waals surface area contributed by atoms with Crippen molar-refractivity contribution in [2.75, 3.05) is 0 Å². The lowest BCUT2D eigenvalue weighted by Gasteiger charge is -2.37. The number of benzene rings is 4. The molecule has 0 spiro atoms. The van der Waals surface area contributed by atoms with Gasteiger partial charge in [0, 0.05) is 46.7 Å². The van der Waals surface area contributed by atoms with E-state index in [2.05, 4.69) is 0 Å². The van der Waals surface area contributed by atoms with Gasteiger partial charge in [-0.15, -0.1) is 0 Å². The Bertz CT molecular complexity index is 2120. The molecule has 0 bridgehead atoms. The van der Waals surface area contributed by atoms with Crippen LogP contribution in [0.25, 0.3) is 0 Å². The Morgan fingerprint density at radius 3 is 2.16 bits per heavy atom. The normalized spacial score (nSPS) is 19.8. The van der Waals surface area contributed by atoms with E-state index in [0.717, 1.165) is 23.3 Å². The van der Waals surface area contributed by atoms with Gasteiger partial charge in [0.2, 0.25) is 0 Å². The van der Waals surface area contributed by atoms with Gasteiger partial charge in [-0.3, -0.25) is 9.59 Å². The average molecular weight is 695 g/mol. The van der Waals surface area contributed by atoms with Crippen molar-refractivity contribution in [3.05, 3.63) is 111 Å². The van der Waals surface area contributed by atoms with Crippen LogP contribution in [0.5, 0.6) is 51.7 Å². The summed E-state index contributed by atoms with van der Waals surface area (Å²) < 4.78 is 5.99. The first-order chi connectivity index (χ1) is 24.1. The second-order valence-electron chi connectivity index (χ2n) is 13.5. The molecular formula is C40H38O11. The largest absolute Gasteiger partial charge is 0.508 e. The van der Waals surface area contributed by atoms with Crippen LogP contribution >= 0.6 is 0 Å². The number of phenols is 8. The van der Waals surface area contributed by atoms with E-state index in [1.54, 1.807) is 19.1 Å². The van der Waals surface area contributed by atoms with Gasteiger partial charge in [0.05, 0.1) is 12.0 Å². The first kappa shape index (κ1) is 34.8. The molecule has 4 aromatic rings. The molecule has 1 aliphatic carbocycles. The predicted molar refractivity (Wildman–Crippen MR) is 186 cm³/mol. The van der Waals surface area contributed by atoms with E-state index in [-0.39, 0.29) is 81.6 Å². The highest BCUT2D eigenvalue weighted by Gasteiger charge is 2.44. The molecule has 4 unspecified atom stereocenters. The van der Waals surface area contributed by atoms with Crippen molar-refractivity contribution < 1.29 is 55.2 Å². The van der Waals surface area contributed by atoms with Gasteiger partial charge in [0.25, 0.3) is 0 Å². The van der Waals surface area contributed by atoms with Crippen molar-refractivity contribution in [2.24, 2.45) is 5.92 Å². The molecule has 1 aliphatic heterocycles. The molecule has 0 fully saturated rings. The van der Waals surface area contributed by atoms with Gasteiger partial charge < -0.3 is 45.6 Å². The van der Waals surface area contributed by atoms with E-state index in [4.69, 9.17) is 4.74 Å². The Labute approximate surface area is 293 Å². The number of carbonyl (C=O) groups excluding carboxylic acids is 2. The van der Waals surface area contributed by atoms with Crippen LogP contribution in [-0.4, -0.2) is 52.4 Å². The van der Waals surface area contributed by atoms with E-state index >= 15 is 0 Å². The minimum Gasteiger partial charge on any atom is -0.508 e. The second kappa shape index (κ2) is 13.3. The number of phenolic OH excluding ortho intramolecular Hbond substituents is 8. The molecule has 0 radical (unpaired) electrons. The molecule has 0 saturated carbocycles. The third-order valence-corrected chi connectivity index (χ3v) is 9.61. The van der Waals surface area contributed by atoms with Crippen LogP contribution < -0.4 is 4.74 Å². The molecule has 4 aromatic carbocycles. The monoisotopic (exact) mass is 694 g/mol. The predicted octanol–water partition coefficient (Wildman–Crippen LogP) is 7.26. The summed E-state index contributed by atoms with van der Waals surface area (Å²) in [5, 5.41) is 86.5. The molecule has 6 rings (SSSR count). The Balaban J connectivity index is 1.52. The van der Waals surface area contributed by atoms with Gasteiger partial charge in [0.1, 0.15) is 63.4 Å². The second-order valence-corrected chi connectivity index (χ2v) is 13.5. The van der Waals surface area contributed by atoms with Crippen molar-refractivity contribution in [3.63, 3.8) is 0 Å². The van der Waals surface area contributed by atoms with Gasteiger partial charge in [-0.25, -0.2) is 0 Å². The maximum atomic E-state index is 14.8. The number of rotatable bonds is 7. The summed E-state index contributed by atoms with van der Waals surface area (Å²) in [7, 11) is 0. The minimum absolute atomic E-state index is 0.0668. The van der Waals surface area contributed by atoms with E-state index in [0.29, 0.717) is 5.56 Å². The molecular weight excluding hydrogens is 656 g/mol. The summed E-state index contributed by atoms with van der Waals surface area (Å²) in [6, 6.07) is 11.5. The zero-order chi connectivity index (χ0) is 36.9. The first-order valence-electron chi connectivity index (χ1n) is 16.4. The Kier molecular flexibility index (Phi) is 9.07. The van der Waals surface area contributed by atoms with Crippen LogP contribution in [0.2, 0.25) is 0 Å². The molecule has 4 atom stereocenters. The lowest BCUT2D eigenvalue weighted by Crippen LogP contribution is -2.32. The highest BCUT2D eigenvalue weighted by Crippen LogP contribution is 2.54. The summed E-state index contributed by atoms with van der Waals surface area (Å²) in [5.41, 5.74) is 2.00. The molecule has 8 N–H and O–H groups in total. The fraction of sp³-hybridized carbons (Fsp3) is 0.250. The number of carbonyl (C=O) groups is 2. The van der Waals surface area contributed by atoms with Gasteiger partial charge >= 0.3 is 0 Å². The zero-order valence-corrected chi connectivity index (χ0v) is 28.1. The van der Waals surface area contributed by atoms with Gasteiger partial charge in [-0.05, 0) is 81.5 Å².